The third-order valence-corrected chi connectivity index (χ3v) is 17.1. The Morgan fingerprint density at radius 1 is 1.00 bits per heavy atom. The predicted molar refractivity (Wildman–Crippen MR) is 58.2 cm³/mol. The van der Waals surface area contributed by atoms with Gasteiger partial charge in [0.15, 0.2) is 0 Å². The Hall–Kier alpha value is 2.79. The van der Waals surface area contributed by atoms with E-state index in [1.165, 1.54) is 44.8 Å². The van der Waals surface area contributed by atoms with E-state index in [1.807, 2.05) is 0 Å². The molecule has 8 heavy (non-hydrogen) atoms. The summed E-state index contributed by atoms with van der Waals surface area (Å²) >= 11 is 0. The molecule has 8 heteroatoms. The fourth-order valence-corrected chi connectivity index (χ4v) is 18.7. The second-order valence-corrected chi connectivity index (χ2v) is 15.2. The van der Waals surface area contributed by atoms with Crippen LogP contribution in [0, 0.1) is 0 Å². The summed E-state index contributed by atoms with van der Waals surface area (Å²) in [7, 11) is 14.0. The van der Waals surface area contributed by atoms with Gasteiger partial charge in [0.25, 0.3) is 0 Å². The van der Waals surface area contributed by atoms with Crippen LogP contribution < -0.4 is 0 Å². The molecule has 0 aliphatic carbocycles. The molecular weight excluding hydrogens is 248 g/mol. The molecule has 1 unspecified atom stereocenters. The maximum absolute atomic E-state index is 4.06. The molecule has 0 aliphatic heterocycles. The van der Waals surface area contributed by atoms with Crippen molar-refractivity contribution in [3.8, 4) is 0 Å². The zero-order valence-electron chi connectivity index (χ0n) is 3.71. The minimum absolute atomic E-state index is 1.19. The third-order valence-electron chi connectivity index (χ3n) is 0.212. The van der Waals surface area contributed by atoms with Crippen LogP contribution in [-0.4, -0.2) is 0 Å². The monoisotopic (exact) mass is 250 g/mol. The molecule has 1 atom stereocenters. The maximum atomic E-state index is 4.06. The normalized spacial score (nSPS) is 11.5. The SMILES string of the molecule is P#P=P/P=P\P=P/P. The Kier molecular flexibility index (Phi) is 13.2. The molecule has 0 aromatic carbocycles. The first-order valence-corrected chi connectivity index (χ1v) is 13.1. The molecule has 0 heterocycles. The molecule has 0 rings (SSSR count). The predicted octanol–water partition coefficient (Wildman–Crippen LogP) is 6.35. The second kappa shape index (κ2) is 9.79. The summed E-state index contributed by atoms with van der Waals surface area (Å²) < 4.78 is 0. The Bertz CT molecular complexity index is 166. The summed E-state index contributed by atoms with van der Waals surface area (Å²) in [5.41, 5.74) is 0. The third kappa shape index (κ3) is 8.79. The molecule has 0 bridgehead atoms. The van der Waals surface area contributed by atoms with Crippen LogP contribution in [0.25, 0.3) is 0 Å². The van der Waals surface area contributed by atoms with E-state index < -0.39 is 0 Å². The van der Waals surface area contributed by atoms with E-state index >= 15 is 0 Å². The van der Waals surface area contributed by atoms with Gasteiger partial charge in [-0.15, -0.1) is 0 Å². The molecule has 0 fully saturated rings. The van der Waals surface area contributed by atoms with Crippen molar-refractivity contribution in [2.75, 3.05) is 0 Å². The molecule has 0 aromatic heterocycles. The van der Waals surface area contributed by atoms with E-state index in [1.54, 1.807) is 0 Å². The summed E-state index contributed by atoms with van der Waals surface area (Å²) in [6, 6.07) is 0. The zero-order chi connectivity index (χ0) is 6.24. The first kappa shape index (κ1) is 10.8. The fraction of sp³-hybridized carbons (Fsp3) is 0. The Labute approximate surface area is 62.2 Å². The molecule has 0 N–H and O–H groups in total. The quantitative estimate of drug-likeness (QED) is 0.500. The average Bonchev–Trinajstić information content (AvgIpc) is 1.81. The molecule has 0 aromatic rings. The van der Waals surface area contributed by atoms with Gasteiger partial charge in [-0.25, -0.2) is 0 Å². The zero-order valence-corrected chi connectivity index (χ0v) is 11.1. The summed E-state index contributed by atoms with van der Waals surface area (Å²) in [5, 5.41) is 0. The van der Waals surface area contributed by atoms with E-state index in [-0.39, 0.29) is 0 Å². The fourth-order valence-electron chi connectivity index (χ4n) is 0.0768. The van der Waals surface area contributed by atoms with Gasteiger partial charge < -0.3 is 0 Å². The van der Waals surface area contributed by atoms with Crippen molar-refractivity contribution in [2.45, 2.75) is 0 Å². The van der Waals surface area contributed by atoms with Crippen LogP contribution in [0.1, 0.15) is 0 Å². The van der Waals surface area contributed by atoms with Crippen LogP contribution in [0.5, 0.6) is 0 Å². The molecule has 42 valence electrons. The van der Waals surface area contributed by atoms with Crippen LogP contribution in [0.4, 0.5) is 0 Å². The summed E-state index contributed by atoms with van der Waals surface area (Å²) in [5.74, 6) is 0. The molecule has 0 saturated carbocycles. The van der Waals surface area contributed by atoms with Gasteiger partial charge in [0.05, 0.1) is 0 Å². The van der Waals surface area contributed by atoms with Crippen molar-refractivity contribution in [1.29, 1.82) is 0 Å². The van der Waals surface area contributed by atoms with Crippen molar-refractivity contribution in [3.05, 3.63) is 0 Å². The Morgan fingerprint density at radius 2 is 1.62 bits per heavy atom. The Morgan fingerprint density at radius 3 is 2.12 bits per heavy atom. The van der Waals surface area contributed by atoms with Crippen molar-refractivity contribution in [1.82, 2.24) is 0 Å². The van der Waals surface area contributed by atoms with Crippen LogP contribution in [0.2, 0.25) is 0 Å². The van der Waals surface area contributed by atoms with Gasteiger partial charge >= 0.3 is 62.0 Å². The van der Waals surface area contributed by atoms with Crippen LogP contribution >= 0.6 is 62.0 Å². The van der Waals surface area contributed by atoms with E-state index in [9.17, 15) is 0 Å². The first-order valence-electron chi connectivity index (χ1n) is 1.46. The van der Waals surface area contributed by atoms with Crippen molar-refractivity contribution >= 4 is 62.0 Å². The van der Waals surface area contributed by atoms with Gasteiger partial charge in [-0.1, -0.05) is 0 Å². The van der Waals surface area contributed by atoms with Gasteiger partial charge in [0.1, 0.15) is 0 Å². The van der Waals surface area contributed by atoms with Crippen molar-refractivity contribution < 1.29 is 0 Å². The molecule has 0 saturated heterocycles. The van der Waals surface area contributed by atoms with Crippen LogP contribution in [0.15, 0.2) is 0 Å². The van der Waals surface area contributed by atoms with E-state index in [0.29, 0.717) is 0 Å². The van der Waals surface area contributed by atoms with Gasteiger partial charge in [-0.05, 0) is 0 Å². The number of hydrogen-bond acceptors (Lipinski definition) is 0. The van der Waals surface area contributed by atoms with E-state index in [0.717, 1.165) is 0 Å². The first-order chi connectivity index (χ1) is 3.91. The average molecular weight is 250 g/mol. The molecule has 0 amide bonds. The van der Waals surface area contributed by atoms with Gasteiger partial charge in [-0.3, -0.25) is 0 Å². The molecule has 0 spiro atoms. The van der Waals surface area contributed by atoms with E-state index in [4.69, 9.17) is 0 Å². The summed E-state index contributed by atoms with van der Waals surface area (Å²) in [6.45, 7) is 1.19. The van der Waals surface area contributed by atoms with Gasteiger partial charge in [0, 0.05) is 0 Å². The van der Waals surface area contributed by atoms with Gasteiger partial charge in [-0.2, -0.15) is 0 Å². The van der Waals surface area contributed by atoms with Crippen molar-refractivity contribution in [3.63, 3.8) is 0 Å². The van der Waals surface area contributed by atoms with E-state index in [2.05, 4.69) is 17.3 Å². The topological polar surface area (TPSA) is 0 Å². The molecular formula is H2P8. The molecule has 0 nitrogen and oxygen atoms in total. The van der Waals surface area contributed by atoms with Crippen LogP contribution in [-0.2, 0) is 0 Å². The Balaban J connectivity index is 3.55. The molecule has 0 aliphatic rings. The van der Waals surface area contributed by atoms with Crippen LogP contribution in [0.3, 0.4) is 0 Å². The number of hydrogen-bond donors (Lipinski definition) is 0. The van der Waals surface area contributed by atoms with Crippen molar-refractivity contribution in [2.24, 2.45) is 0 Å². The summed E-state index contributed by atoms with van der Waals surface area (Å²) in [6.07, 6.45) is 0. The standard InChI is InChI=1S/H2P8/c1-3-5-7-8-6-4-2/h1H2. The number of rotatable bonds is 2. The second-order valence-electron chi connectivity index (χ2n) is 0.563. The minimum atomic E-state index is 1.19. The summed E-state index contributed by atoms with van der Waals surface area (Å²) in [4.78, 5) is 0. The molecule has 0 radical (unpaired) electrons. The van der Waals surface area contributed by atoms with Gasteiger partial charge in [0.2, 0.25) is 0 Å².